The van der Waals surface area contributed by atoms with Gasteiger partial charge < -0.3 is 15.7 Å². The molecule has 3 N–H and O–H groups in total. The summed E-state index contributed by atoms with van der Waals surface area (Å²) in [4.78, 5) is 11.5. The number of amides is 1. The SMILES string of the molecule is CC1CNCC1C(=O)NCC(O)C(F)F. The van der Waals surface area contributed by atoms with E-state index in [1.54, 1.807) is 0 Å². The Bertz CT molecular complexity index is 226. The predicted octanol–water partition coefficient (Wildman–Crippen LogP) is -0.416. The van der Waals surface area contributed by atoms with E-state index in [9.17, 15) is 13.6 Å². The fourth-order valence-corrected chi connectivity index (χ4v) is 1.59. The highest BCUT2D eigenvalue weighted by Gasteiger charge is 2.30. The zero-order valence-electron chi connectivity index (χ0n) is 8.54. The molecule has 0 bridgehead atoms. The molecule has 1 aliphatic rings. The fraction of sp³-hybridized carbons (Fsp3) is 0.889. The highest BCUT2D eigenvalue weighted by molar-refractivity contribution is 5.79. The standard InChI is InChI=1S/C9H16F2N2O2/c1-5-2-12-3-6(5)9(15)13-4-7(14)8(10)11/h5-8,12,14H,2-4H2,1H3,(H,13,15). The summed E-state index contributed by atoms with van der Waals surface area (Å²) < 4.78 is 23.8. The van der Waals surface area contributed by atoms with Crippen LogP contribution in [0.1, 0.15) is 6.92 Å². The van der Waals surface area contributed by atoms with Crippen molar-refractivity contribution in [1.29, 1.82) is 0 Å². The van der Waals surface area contributed by atoms with Crippen LogP contribution in [0, 0.1) is 11.8 Å². The fourth-order valence-electron chi connectivity index (χ4n) is 1.59. The first kappa shape index (κ1) is 12.3. The van der Waals surface area contributed by atoms with Crippen molar-refractivity contribution in [2.45, 2.75) is 19.5 Å². The first-order chi connectivity index (χ1) is 7.02. The van der Waals surface area contributed by atoms with Gasteiger partial charge in [0.15, 0.2) is 0 Å². The van der Waals surface area contributed by atoms with Gasteiger partial charge in [0.05, 0.1) is 5.92 Å². The van der Waals surface area contributed by atoms with E-state index in [0.717, 1.165) is 6.54 Å². The molecule has 4 nitrogen and oxygen atoms in total. The Kier molecular flexibility index (Phi) is 4.41. The summed E-state index contributed by atoms with van der Waals surface area (Å²) in [5.74, 6) is -0.254. The summed E-state index contributed by atoms with van der Waals surface area (Å²) in [5, 5.41) is 14.2. The third-order valence-electron chi connectivity index (χ3n) is 2.63. The van der Waals surface area contributed by atoms with E-state index in [2.05, 4.69) is 10.6 Å². The summed E-state index contributed by atoms with van der Waals surface area (Å²) in [6, 6.07) is 0. The van der Waals surface area contributed by atoms with Gasteiger partial charge in [-0.25, -0.2) is 8.78 Å². The quantitative estimate of drug-likeness (QED) is 0.605. The van der Waals surface area contributed by atoms with Crippen molar-refractivity contribution >= 4 is 5.91 Å². The van der Waals surface area contributed by atoms with Crippen LogP contribution in [0.2, 0.25) is 0 Å². The molecule has 0 aromatic heterocycles. The second-order valence-corrected chi connectivity index (χ2v) is 3.89. The third-order valence-corrected chi connectivity index (χ3v) is 2.63. The number of rotatable bonds is 4. The van der Waals surface area contributed by atoms with Gasteiger partial charge in [-0.15, -0.1) is 0 Å². The van der Waals surface area contributed by atoms with Crippen LogP contribution < -0.4 is 10.6 Å². The number of nitrogens with one attached hydrogen (secondary N) is 2. The lowest BCUT2D eigenvalue weighted by Crippen LogP contribution is -2.40. The summed E-state index contributed by atoms with van der Waals surface area (Å²) in [5.41, 5.74) is 0. The minimum absolute atomic E-state index is 0.185. The molecule has 0 saturated carbocycles. The number of hydrogen-bond acceptors (Lipinski definition) is 3. The van der Waals surface area contributed by atoms with Crippen molar-refractivity contribution in [3.63, 3.8) is 0 Å². The van der Waals surface area contributed by atoms with E-state index < -0.39 is 12.5 Å². The largest absolute Gasteiger partial charge is 0.385 e. The summed E-state index contributed by atoms with van der Waals surface area (Å²) in [6.07, 6.45) is -4.59. The van der Waals surface area contributed by atoms with Crippen molar-refractivity contribution in [3.05, 3.63) is 0 Å². The van der Waals surface area contributed by atoms with Crippen LogP contribution in [0.4, 0.5) is 8.78 Å². The first-order valence-electron chi connectivity index (χ1n) is 4.97. The van der Waals surface area contributed by atoms with Gasteiger partial charge >= 0.3 is 0 Å². The van der Waals surface area contributed by atoms with Crippen LogP contribution in [0.3, 0.4) is 0 Å². The number of halogens is 2. The van der Waals surface area contributed by atoms with Crippen LogP contribution in [0.15, 0.2) is 0 Å². The van der Waals surface area contributed by atoms with E-state index in [-0.39, 0.29) is 24.3 Å². The molecule has 1 heterocycles. The lowest BCUT2D eigenvalue weighted by molar-refractivity contribution is -0.126. The van der Waals surface area contributed by atoms with Crippen LogP contribution in [0.5, 0.6) is 0 Å². The van der Waals surface area contributed by atoms with Gasteiger partial charge in [0.1, 0.15) is 6.10 Å². The topological polar surface area (TPSA) is 61.4 Å². The molecule has 1 aliphatic heterocycles. The van der Waals surface area contributed by atoms with Crippen LogP contribution in [-0.4, -0.2) is 43.2 Å². The van der Waals surface area contributed by atoms with Crippen LogP contribution in [0.25, 0.3) is 0 Å². The average Bonchev–Trinajstić information content (AvgIpc) is 2.60. The van der Waals surface area contributed by atoms with Crippen molar-refractivity contribution in [3.8, 4) is 0 Å². The van der Waals surface area contributed by atoms with Gasteiger partial charge in [-0.3, -0.25) is 4.79 Å². The Morgan fingerprint density at radius 2 is 2.27 bits per heavy atom. The number of aliphatic hydroxyl groups is 1. The third kappa shape index (κ3) is 3.39. The predicted molar refractivity (Wildman–Crippen MR) is 50.5 cm³/mol. The Hall–Kier alpha value is -0.750. The van der Waals surface area contributed by atoms with Gasteiger partial charge in [0.25, 0.3) is 6.43 Å². The molecular weight excluding hydrogens is 206 g/mol. The Morgan fingerprint density at radius 1 is 1.60 bits per heavy atom. The average molecular weight is 222 g/mol. The number of carbonyl (C=O) groups is 1. The zero-order chi connectivity index (χ0) is 11.4. The van der Waals surface area contributed by atoms with Crippen molar-refractivity contribution < 1.29 is 18.7 Å². The van der Waals surface area contributed by atoms with Gasteiger partial charge in [0, 0.05) is 13.1 Å². The molecule has 0 aromatic carbocycles. The lowest BCUT2D eigenvalue weighted by Gasteiger charge is -2.16. The first-order valence-corrected chi connectivity index (χ1v) is 4.97. The molecule has 0 aliphatic carbocycles. The second kappa shape index (κ2) is 5.37. The van der Waals surface area contributed by atoms with Crippen molar-refractivity contribution in [2.75, 3.05) is 19.6 Å². The molecule has 88 valence electrons. The maximum atomic E-state index is 11.9. The molecule has 3 atom stereocenters. The molecule has 6 heteroatoms. The van der Waals surface area contributed by atoms with Gasteiger partial charge in [-0.2, -0.15) is 0 Å². The van der Waals surface area contributed by atoms with E-state index in [4.69, 9.17) is 5.11 Å². The summed E-state index contributed by atoms with van der Waals surface area (Å²) in [7, 11) is 0. The Balaban J connectivity index is 2.29. The number of carbonyl (C=O) groups excluding carboxylic acids is 1. The minimum atomic E-state index is -2.82. The molecule has 0 aromatic rings. The number of hydrogen-bond donors (Lipinski definition) is 3. The van der Waals surface area contributed by atoms with Crippen LogP contribution in [-0.2, 0) is 4.79 Å². The molecule has 15 heavy (non-hydrogen) atoms. The normalized spacial score (nSPS) is 28.1. The van der Waals surface area contributed by atoms with E-state index in [1.807, 2.05) is 6.92 Å². The molecule has 0 spiro atoms. The van der Waals surface area contributed by atoms with E-state index >= 15 is 0 Å². The molecule has 1 rings (SSSR count). The maximum Gasteiger partial charge on any atom is 0.265 e. The lowest BCUT2D eigenvalue weighted by atomic mass is 9.97. The van der Waals surface area contributed by atoms with E-state index in [0.29, 0.717) is 6.54 Å². The molecular formula is C9H16F2N2O2. The Morgan fingerprint density at radius 3 is 2.73 bits per heavy atom. The molecule has 1 amide bonds. The Labute approximate surface area is 87.0 Å². The highest BCUT2D eigenvalue weighted by Crippen LogP contribution is 2.15. The molecule has 3 unspecified atom stereocenters. The summed E-state index contributed by atoms with van der Waals surface area (Å²) in [6.45, 7) is 2.86. The minimum Gasteiger partial charge on any atom is -0.385 e. The van der Waals surface area contributed by atoms with Gasteiger partial charge in [-0.05, 0) is 12.5 Å². The number of aliphatic hydroxyl groups excluding tert-OH is 1. The van der Waals surface area contributed by atoms with Crippen LogP contribution >= 0.6 is 0 Å². The monoisotopic (exact) mass is 222 g/mol. The highest BCUT2D eigenvalue weighted by atomic mass is 19.3. The summed E-state index contributed by atoms with van der Waals surface area (Å²) >= 11 is 0. The second-order valence-electron chi connectivity index (χ2n) is 3.89. The zero-order valence-corrected chi connectivity index (χ0v) is 8.54. The number of alkyl halides is 2. The molecule has 1 saturated heterocycles. The van der Waals surface area contributed by atoms with Crippen molar-refractivity contribution in [2.24, 2.45) is 11.8 Å². The smallest absolute Gasteiger partial charge is 0.265 e. The van der Waals surface area contributed by atoms with E-state index in [1.165, 1.54) is 0 Å². The molecule has 0 radical (unpaired) electrons. The van der Waals surface area contributed by atoms with Gasteiger partial charge in [0.2, 0.25) is 5.91 Å². The molecule has 1 fully saturated rings. The van der Waals surface area contributed by atoms with Gasteiger partial charge in [-0.1, -0.05) is 6.92 Å². The van der Waals surface area contributed by atoms with Crippen molar-refractivity contribution in [1.82, 2.24) is 10.6 Å². The maximum absolute atomic E-state index is 11.9.